The molecule has 24 heavy (non-hydrogen) atoms. The molecule has 0 spiro atoms. The predicted molar refractivity (Wildman–Crippen MR) is 91.0 cm³/mol. The molecular formula is C15H13Cl2N5O2. The van der Waals surface area contributed by atoms with Crippen LogP contribution in [-0.4, -0.2) is 31.2 Å². The van der Waals surface area contributed by atoms with Crippen molar-refractivity contribution in [1.82, 2.24) is 19.5 Å². The molecule has 9 heteroatoms. The highest BCUT2D eigenvalue weighted by Crippen LogP contribution is 2.32. The average molecular weight is 366 g/mol. The molecular weight excluding hydrogens is 353 g/mol. The van der Waals surface area contributed by atoms with Crippen LogP contribution in [0.3, 0.4) is 0 Å². The summed E-state index contributed by atoms with van der Waals surface area (Å²) in [4.78, 5) is 12.5. The second kappa shape index (κ2) is 6.08. The average Bonchev–Trinajstić information content (AvgIpc) is 3.18. The van der Waals surface area contributed by atoms with Gasteiger partial charge in [-0.1, -0.05) is 23.2 Å². The first-order valence-electron chi connectivity index (χ1n) is 7.39. The molecule has 1 atom stereocenters. The van der Waals surface area contributed by atoms with E-state index in [1.54, 1.807) is 29.1 Å². The number of hydrogen-bond acceptors (Lipinski definition) is 6. The van der Waals surface area contributed by atoms with E-state index < -0.39 is 0 Å². The number of aromatic hydroxyl groups is 1. The third kappa shape index (κ3) is 2.75. The largest absolute Gasteiger partial charge is 0.479 e. The zero-order chi connectivity index (χ0) is 16.7. The molecule has 2 aromatic heterocycles. The Morgan fingerprint density at radius 3 is 2.92 bits per heavy atom. The molecule has 1 saturated heterocycles. The van der Waals surface area contributed by atoms with Gasteiger partial charge in [0.25, 0.3) is 0 Å². The maximum Gasteiger partial charge on any atom is 0.318 e. The van der Waals surface area contributed by atoms with Crippen molar-refractivity contribution in [3.05, 3.63) is 34.6 Å². The number of imidazole rings is 1. The van der Waals surface area contributed by atoms with Crippen LogP contribution in [0.2, 0.25) is 10.0 Å². The highest BCUT2D eigenvalue weighted by Gasteiger charge is 2.22. The number of fused-ring (bicyclic) bond motifs is 1. The molecule has 1 aliphatic rings. The van der Waals surface area contributed by atoms with Crippen LogP contribution in [0.4, 0.5) is 11.5 Å². The van der Waals surface area contributed by atoms with Gasteiger partial charge in [-0.25, -0.2) is 4.98 Å². The smallest absolute Gasteiger partial charge is 0.318 e. The van der Waals surface area contributed by atoms with Crippen LogP contribution in [-0.2, 0) is 4.74 Å². The molecule has 124 valence electrons. The van der Waals surface area contributed by atoms with E-state index in [9.17, 15) is 5.11 Å². The first-order chi connectivity index (χ1) is 11.6. The van der Waals surface area contributed by atoms with Crippen LogP contribution in [0.25, 0.3) is 11.2 Å². The van der Waals surface area contributed by atoms with E-state index in [-0.39, 0.29) is 12.2 Å². The molecule has 1 fully saturated rings. The third-order valence-electron chi connectivity index (χ3n) is 3.81. The van der Waals surface area contributed by atoms with Gasteiger partial charge in [0.15, 0.2) is 17.0 Å². The van der Waals surface area contributed by atoms with Crippen molar-refractivity contribution in [2.75, 3.05) is 11.9 Å². The summed E-state index contributed by atoms with van der Waals surface area (Å²) < 4.78 is 7.46. The van der Waals surface area contributed by atoms with E-state index >= 15 is 0 Å². The van der Waals surface area contributed by atoms with Crippen molar-refractivity contribution in [2.45, 2.75) is 19.1 Å². The lowest BCUT2D eigenvalue weighted by Crippen LogP contribution is -2.07. The number of ether oxygens (including phenoxy) is 1. The topological polar surface area (TPSA) is 85.1 Å². The summed E-state index contributed by atoms with van der Waals surface area (Å²) in [5.74, 6) is 0.360. The summed E-state index contributed by atoms with van der Waals surface area (Å²) in [6.45, 7) is 0.701. The fourth-order valence-electron chi connectivity index (χ4n) is 2.70. The molecule has 7 nitrogen and oxygen atoms in total. The zero-order valence-electron chi connectivity index (χ0n) is 12.4. The van der Waals surface area contributed by atoms with Crippen molar-refractivity contribution < 1.29 is 9.84 Å². The van der Waals surface area contributed by atoms with Gasteiger partial charge < -0.3 is 15.2 Å². The summed E-state index contributed by atoms with van der Waals surface area (Å²) in [5.41, 5.74) is 1.63. The van der Waals surface area contributed by atoms with Gasteiger partial charge >= 0.3 is 6.01 Å². The number of anilines is 2. The minimum atomic E-state index is -0.352. The number of hydrogen-bond donors (Lipinski definition) is 2. The molecule has 0 bridgehead atoms. The Hall–Kier alpha value is -2.09. The van der Waals surface area contributed by atoms with Crippen LogP contribution >= 0.6 is 23.2 Å². The highest BCUT2D eigenvalue weighted by molar-refractivity contribution is 6.36. The molecule has 1 aliphatic heterocycles. The van der Waals surface area contributed by atoms with Gasteiger partial charge in [0, 0.05) is 11.6 Å². The monoisotopic (exact) mass is 365 g/mol. The van der Waals surface area contributed by atoms with Crippen LogP contribution < -0.4 is 5.32 Å². The summed E-state index contributed by atoms with van der Waals surface area (Å²) in [5, 5.41) is 13.9. The Morgan fingerprint density at radius 2 is 2.17 bits per heavy atom. The Bertz CT molecular complexity index is 908. The molecule has 4 rings (SSSR count). The Morgan fingerprint density at radius 1 is 1.29 bits per heavy atom. The van der Waals surface area contributed by atoms with E-state index in [0.29, 0.717) is 39.3 Å². The van der Waals surface area contributed by atoms with Gasteiger partial charge in [-0.3, -0.25) is 4.57 Å². The Kier molecular flexibility index (Phi) is 3.91. The standard InChI is InChI=1S/C15H13Cl2N5O2/c16-8-3-4-10(9(17)6-8)19-13-12-14(21-15(23)20-13)22(7-18-12)11-2-1-5-24-11/h3-4,6-7,11H,1-2,5H2,(H2,19,20,21,23). The number of benzene rings is 1. The van der Waals surface area contributed by atoms with E-state index in [0.717, 1.165) is 12.8 Å². The Balaban J connectivity index is 1.77. The van der Waals surface area contributed by atoms with Crippen molar-refractivity contribution in [2.24, 2.45) is 0 Å². The van der Waals surface area contributed by atoms with Gasteiger partial charge in [-0.15, -0.1) is 0 Å². The molecule has 2 N–H and O–H groups in total. The number of halogens is 2. The molecule has 1 aromatic carbocycles. The summed E-state index contributed by atoms with van der Waals surface area (Å²) in [7, 11) is 0. The second-order valence-corrected chi connectivity index (χ2v) is 6.26. The first-order valence-corrected chi connectivity index (χ1v) is 8.14. The van der Waals surface area contributed by atoms with Crippen LogP contribution in [0.1, 0.15) is 19.1 Å². The fourth-order valence-corrected chi connectivity index (χ4v) is 3.16. The van der Waals surface area contributed by atoms with E-state index in [1.165, 1.54) is 0 Å². The number of aromatic nitrogens is 4. The maximum absolute atomic E-state index is 9.89. The molecule has 1 unspecified atom stereocenters. The van der Waals surface area contributed by atoms with E-state index in [4.69, 9.17) is 27.9 Å². The zero-order valence-corrected chi connectivity index (χ0v) is 13.9. The molecule has 0 amide bonds. The third-order valence-corrected chi connectivity index (χ3v) is 4.36. The van der Waals surface area contributed by atoms with Crippen molar-refractivity contribution >= 4 is 45.9 Å². The maximum atomic E-state index is 9.89. The summed E-state index contributed by atoms with van der Waals surface area (Å²) in [6, 6.07) is 4.70. The summed E-state index contributed by atoms with van der Waals surface area (Å²) >= 11 is 12.1. The van der Waals surface area contributed by atoms with Gasteiger partial charge in [0.1, 0.15) is 6.23 Å². The number of nitrogens with one attached hydrogen (secondary N) is 1. The Labute approximate surface area is 147 Å². The summed E-state index contributed by atoms with van der Waals surface area (Å²) in [6.07, 6.45) is 3.37. The molecule has 3 aromatic rings. The van der Waals surface area contributed by atoms with Crippen molar-refractivity contribution in [3.63, 3.8) is 0 Å². The molecule has 3 heterocycles. The molecule has 0 radical (unpaired) electrons. The van der Waals surface area contributed by atoms with Crippen LogP contribution in [0, 0.1) is 0 Å². The van der Waals surface area contributed by atoms with Gasteiger partial charge in [-0.05, 0) is 31.0 Å². The lowest BCUT2D eigenvalue weighted by molar-refractivity contribution is 0.0592. The van der Waals surface area contributed by atoms with Gasteiger partial charge in [0.05, 0.1) is 17.0 Å². The SMILES string of the molecule is Oc1nc(Nc2ccc(Cl)cc2Cl)c2ncn(C3CCCO3)c2n1. The van der Waals surface area contributed by atoms with Crippen molar-refractivity contribution in [3.8, 4) is 6.01 Å². The minimum absolute atomic E-state index is 0.128. The van der Waals surface area contributed by atoms with Crippen LogP contribution in [0.15, 0.2) is 24.5 Å². The highest BCUT2D eigenvalue weighted by atomic mass is 35.5. The van der Waals surface area contributed by atoms with E-state index in [1.807, 2.05) is 0 Å². The van der Waals surface area contributed by atoms with E-state index in [2.05, 4.69) is 20.3 Å². The second-order valence-electron chi connectivity index (χ2n) is 5.41. The van der Waals surface area contributed by atoms with Gasteiger partial charge in [-0.2, -0.15) is 9.97 Å². The minimum Gasteiger partial charge on any atom is -0.479 e. The van der Waals surface area contributed by atoms with Gasteiger partial charge in [0.2, 0.25) is 0 Å². The normalized spacial score (nSPS) is 17.5. The first kappa shape index (κ1) is 15.4. The number of rotatable bonds is 3. The van der Waals surface area contributed by atoms with Crippen molar-refractivity contribution in [1.29, 1.82) is 0 Å². The van der Waals surface area contributed by atoms with Crippen LogP contribution in [0.5, 0.6) is 6.01 Å². The lowest BCUT2D eigenvalue weighted by atomic mass is 10.3. The molecule has 0 aliphatic carbocycles. The molecule has 0 saturated carbocycles. The fraction of sp³-hybridized carbons (Fsp3) is 0.267. The quantitative estimate of drug-likeness (QED) is 0.732. The number of nitrogens with zero attached hydrogens (tertiary/aromatic N) is 4. The lowest BCUT2D eigenvalue weighted by Gasteiger charge is -2.12. The predicted octanol–water partition coefficient (Wildman–Crippen LogP) is 3.89.